The van der Waals surface area contributed by atoms with Crippen molar-refractivity contribution in [2.45, 2.75) is 23.3 Å². The van der Waals surface area contributed by atoms with E-state index >= 15 is 0 Å². The Balaban J connectivity index is 1.75. The van der Waals surface area contributed by atoms with Gasteiger partial charge >= 0.3 is 5.97 Å². The van der Waals surface area contributed by atoms with Crippen LogP contribution in [0.2, 0.25) is 5.02 Å². The number of aromatic nitrogens is 3. The Morgan fingerprint density at radius 3 is 2.64 bits per heavy atom. The third-order valence-corrected chi connectivity index (χ3v) is 5.55. The van der Waals surface area contributed by atoms with Crippen LogP contribution in [0.3, 0.4) is 0 Å². The number of pyridine rings is 1. The zero-order chi connectivity index (χ0) is 19.7. The molecule has 4 rings (SSSR count). The lowest BCUT2D eigenvalue weighted by atomic mass is 10.1. The molecule has 2 aromatic heterocycles. The van der Waals surface area contributed by atoms with Crippen molar-refractivity contribution in [3.05, 3.63) is 71.4 Å². The Hall–Kier alpha value is -2.83. The molecule has 1 N–H and O–H groups in total. The standard InChI is InChI=1S/C21H16ClN3O2S/c1-2-25-12-19(28-16-7-5-15(22)6-8-16)20(24-25)18-10-3-13-11-14(21(26)27)4-9-17(13)23-18/h3-12H,2H2,1H3,(H,26,27). The van der Waals surface area contributed by atoms with Crippen LogP contribution in [0.5, 0.6) is 0 Å². The van der Waals surface area contributed by atoms with Gasteiger partial charge in [-0.1, -0.05) is 29.4 Å². The number of carboxylic acid groups (broad SMARTS) is 1. The molecule has 0 fully saturated rings. The highest BCUT2D eigenvalue weighted by molar-refractivity contribution is 7.99. The molecule has 0 atom stereocenters. The highest BCUT2D eigenvalue weighted by Gasteiger charge is 2.15. The Labute approximate surface area is 171 Å². The quantitative estimate of drug-likeness (QED) is 0.463. The minimum absolute atomic E-state index is 0.247. The van der Waals surface area contributed by atoms with E-state index in [9.17, 15) is 4.79 Å². The van der Waals surface area contributed by atoms with Gasteiger partial charge in [0.2, 0.25) is 0 Å². The van der Waals surface area contributed by atoms with Crippen molar-refractivity contribution in [3.8, 4) is 11.4 Å². The van der Waals surface area contributed by atoms with E-state index < -0.39 is 5.97 Å². The predicted molar refractivity (Wildman–Crippen MR) is 111 cm³/mol. The van der Waals surface area contributed by atoms with Gasteiger partial charge in [-0.25, -0.2) is 9.78 Å². The molecule has 0 spiro atoms. The van der Waals surface area contributed by atoms with Crippen LogP contribution < -0.4 is 0 Å². The van der Waals surface area contributed by atoms with Gasteiger partial charge in [-0.3, -0.25) is 4.68 Å². The van der Waals surface area contributed by atoms with Crippen molar-refractivity contribution < 1.29 is 9.90 Å². The first-order chi connectivity index (χ1) is 13.5. The first-order valence-corrected chi connectivity index (χ1v) is 9.88. The van der Waals surface area contributed by atoms with Crippen molar-refractivity contribution in [1.29, 1.82) is 0 Å². The maximum atomic E-state index is 11.2. The second-order valence-corrected chi connectivity index (χ2v) is 7.71. The normalized spacial score (nSPS) is 11.1. The Morgan fingerprint density at radius 2 is 1.93 bits per heavy atom. The fourth-order valence-electron chi connectivity index (χ4n) is 2.84. The third-order valence-electron chi connectivity index (χ3n) is 4.27. The summed E-state index contributed by atoms with van der Waals surface area (Å²) in [6, 6.07) is 16.4. The van der Waals surface area contributed by atoms with Crippen LogP contribution in [-0.2, 0) is 6.54 Å². The number of rotatable bonds is 5. The van der Waals surface area contributed by atoms with E-state index in [0.717, 1.165) is 38.6 Å². The van der Waals surface area contributed by atoms with Crippen LogP contribution in [-0.4, -0.2) is 25.8 Å². The first kappa shape index (κ1) is 18.5. The summed E-state index contributed by atoms with van der Waals surface area (Å²) in [5.41, 5.74) is 2.53. The second kappa shape index (κ2) is 7.66. The van der Waals surface area contributed by atoms with Crippen LogP contribution >= 0.6 is 23.4 Å². The minimum Gasteiger partial charge on any atom is -0.478 e. The molecule has 0 amide bonds. The van der Waals surface area contributed by atoms with Gasteiger partial charge in [0.25, 0.3) is 0 Å². The van der Waals surface area contributed by atoms with Gasteiger partial charge in [-0.05, 0) is 55.5 Å². The molecule has 140 valence electrons. The molecular formula is C21H16ClN3O2S. The number of carboxylic acids is 1. The molecule has 0 radical (unpaired) electrons. The van der Waals surface area contributed by atoms with Gasteiger partial charge < -0.3 is 5.11 Å². The number of hydrogen-bond donors (Lipinski definition) is 1. The molecule has 2 aromatic carbocycles. The lowest BCUT2D eigenvalue weighted by Gasteiger charge is -2.05. The van der Waals surface area contributed by atoms with Crippen molar-refractivity contribution >= 4 is 40.2 Å². The number of aromatic carboxylic acids is 1. The van der Waals surface area contributed by atoms with E-state index in [-0.39, 0.29) is 5.56 Å². The molecule has 0 aliphatic rings. The SMILES string of the molecule is CCn1cc(Sc2ccc(Cl)cc2)c(-c2ccc3cc(C(=O)O)ccc3n2)n1. The highest BCUT2D eigenvalue weighted by atomic mass is 35.5. The van der Waals surface area contributed by atoms with Crippen LogP contribution in [0.15, 0.2) is 70.6 Å². The van der Waals surface area contributed by atoms with Crippen molar-refractivity contribution in [2.75, 3.05) is 0 Å². The molecule has 0 saturated carbocycles. The number of halogens is 1. The predicted octanol–water partition coefficient (Wildman–Crippen LogP) is 5.62. The lowest BCUT2D eigenvalue weighted by Crippen LogP contribution is -1.97. The van der Waals surface area contributed by atoms with Crippen molar-refractivity contribution in [2.24, 2.45) is 0 Å². The number of hydrogen-bond acceptors (Lipinski definition) is 4. The smallest absolute Gasteiger partial charge is 0.335 e. The number of benzene rings is 2. The van der Waals surface area contributed by atoms with Gasteiger partial charge in [-0.2, -0.15) is 5.10 Å². The minimum atomic E-state index is -0.950. The number of nitrogens with zero attached hydrogens (tertiary/aromatic N) is 3. The molecule has 28 heavy (non-hydrogen) atoms. The molecule has 0 unspecified atom stereocenters. The van der Waals surface area contributed by atoms with E-state index in [1.807, 2.05) is 54.2 Å². The summed E-state index contributed by atoms with van der Waals surface area (Å²) in [4.78, 5) is 17.9. The first-order valence-electron chi connectivity index (χ1n) is 8.69. The third kappa shape index (κ3) is 3.74. The van der Waals surface area contributed by atoms with E-state index in [4.69, 9.17) is 21.7 Å². The van der Waals surface area contributed by atoms with Crippen LogP contribution in [0.4, 0.5) is 0 Å². The lowest BCUT2D eigenvalue weighted by molar-refractivity contribution is 0.0697. The molecule has 7 heteroatoms. The molecule has 2 heterocycles. The summed E-state index contributed by atoms with van der Waals surface area (Å²) < 4.78 is 1.88. The van der Waals surface area contributed by atoms with Gasteiger partial charge in [-0.15, -0.1) is 0 Å². The molecule has 0 bridgehead atoms. The van der Waals surface area contributed by atoms with Crippen molar-refractivity contribution in [1.82, 2.24) is 14.8 Å². The van der Waals surface area contributed by atoms with Gasteiger partial charge in [0.05, 0.1) is 21.7 Å². The van der Waals surface area contributed by atoms with Crippen LogP contribution in [0.25, 0.3) is 22.3 Å². The Morgan fingerprint density at radius 1 is 1.14 bits per heavy atom. The average Bonchev–Trinajstić information content (AvgIpc) is 3.11. The summed E-state index contributed by atoms with van der Waals surface area (Å²) >= 11 is 7.59. The van der Waals surface area contributed by atoms with E-state index in [1.165, 1.54) is 0 Å². The Kier molecular flexibility index (Phi) is 5.07. The zero-order valence-electron chi connectivity index (χ0n) is 15.0. The van der Waals surface area contributed by atoms with Crippen LogP contribution in [0, 0.1) is 0 Å². The molecule has 0 saturated heterocycles. The second-order valence-electron chi connectivity index (χ2n) is 6.16. The number of carbonyl (C=O) groups is 1. The van der Waals surface area contributed by atoms with Crippen LogP contribution in [0.1, 0.15) is 17.3 Å². The van der Waals surface area contributed by atoms with Gasteiger partial charge in [0, 0.05) is 28.0 Å². The van der Waals surface area contributed by atoms with E-state index in [0.29, 0.717) is 5.02 Å². The largest absolute Gasteiger partial charge is 0.478 e. The molecule has 0 aliphatic carbocycles. The van der Waals surface area contributed by atoms with Crippen molar-refractivity contribution in [3.63, 3.8) is 0 Å². The van der Waals surface area contributed by atoms with Gasteiger partial charge in [0.15, 0.2) is 0 Å². The van der Waals surface area contributed by atoms with E-state index in [2.05, 4.69) is 5.10 Å². The maximum absolute atomic E-state index is 11.2. The fourth-order valence-corrected chi connectivity index (χ4v) is 3.91. The molecular weight excluding hydrogens is 394 g/mol. The van der Waals surface area contributed by atoms with Gasteiger partial charge in [0.1, 0.15) is 5.69 Å². The molecule has 5 nitrogen and oxygen atoms in total. The molecule has 0 aliphatic heterocycles. The topological polar surface area (TPSA) is 68.0 Å². The average molecular weight is 410 g/mol. The number of fused-ring (bicyclic) bond motifs is 1. The Bertz CT molecular complexity index is 1170. The highest BCUT2D eigenvalue weighted by Crippen LogP contribution is 2.35. The zero-order valence-corrected chi connectivity index (χ0v) is 16.5. The summed E-state index contributed by atoms with van der Waals surface area (Å²) in [6.45, 7) is 2.79. The monoisotopic (exact) mass is 409 g/mol. The summed E-state index contributed by atoms with van der Waals surface area (Å²) in [7, 11) is 0. The summed E-state index contributed by atoms with van der Waals surface area (Å²) in [5, 5.41) is 15.3. The summed E-state index contributed by atoms with van der Waals surface area (Å²) in [6.07, 6.45) is 2.01. The maximum Gasteiger partial charge on any atom is 0.335 e. The summed E-state index contributed by atoms with van der Waals surface area (Å²) in [5.74, 6) is -0.950. The number of aryl methyl sites for hydroxylation is 1. The van der Waals surface area contributed by atoms with E-state index in [1.54, 1.807) is 30.0 Å². The fraction of sp³-hybridized carbons (Fsp3) is 0.0952. The molecule has 4 aromatic rings.